The van der Waals surface area contributed by atoms with E-state index in [9.17, 15) is 4.79 Å². The van der Waals surface area contributed by atoms with E-state index in [1.54, 1.807) is 0 Å². The van der Waals surface area contributed by atoms with Crippen LogP contribution in [0.3, 0.4) is 0 Å². The number of piperazine rings is 1. The third kappa shape index (κ3) is 3.78. The van der Waals surface area contributed by atoms with Crippen LogP contribution in [0.5, 0.6) is 0 Å². The summed E-state index contributed by atoms with van der Waals surface area (Å²) >= 11 is 0. The largest absolute Gasteiger partial charge is 0.340 e. The van der Waals surface area contributed by atoms with Gasteiger partial charge in [0.2, 0.25) is 5.91 Å². The summed E-state index contributed by atoms with van der Waals surface area (Å²) in [4.78, 5) is 17.2. The summed E-state index contributed by atoms with van der Waals surface area (Å²) in [5.41, 5.74) is 0. The van der Waals surface area contributed by atoms with E-state index in [4.69, 9.17) is 0 Å². The Labute approximate surface area is 129 Å². The van der Waals surface area contributed by atoms with Crippen LogP contribution in [0.2, 0.25) is 0 Å². The molecule has 4 nitrogen and oxygen atoms in total. The van der Waals surface area contributed by atoms with Gasteiger partial charge < -0.3 is 10.2 Å². The van der Waals surface area contributed by atoms with Gasteiger partial charge in [0.15, 0.2) is 0 Å². The van der Waals surface area contributed by atoms with E-state index in [1.807, 2.05) is 0 Å². The predicted octanol–water partition coefficient (Wildman–Crippen LogP) is 1.85. The molecular weight excluding hydrogens is 262 g/mol. The third-order valence-electron chi connectivity index (χ3n) is 5.83. The molecule has 1 aliphatic carbocycles. The minimum absolute atomic E-state index is 0.368. The third-order valence-corrected chi connectivity index (χ3v) is 5.83. The molecule has 3 fully saturated rings. The van der Waals surface area contributed by atoms with E-state index >= 15 is 0 Å². The Morgan fingerprint density at radius 1 is 1.05 bits per heavy atom. The first-order valence-corrected chi connectivity index (χ1v) is 8.99. The fraction of sp³-hybridized carbons (Fsp3) is 0.941. The number of hydrogen-bond donors (Lipinski definition) is 1. The van der Waals surface area contributed by atoms with Gasteiger partial charge in [0.05, 0.1) is 0 Å². The van der Waals surface area contributed by atoms with Gasteiger partial charge in [0.1, 0.15) is 0 Å². The summed E-state index contributed by atoms with van der Waals surface area (Å²) in [6.45, 7) is 7.42. The van der Waals surface area contributed by atoms with Crippen LogP contribution in [0.15, 0.2) is 0 Å². The summed E-state index contributed by atoms with van der Waals surface area (Å²) in [6, 6.07) is 1.21. The summed E-state index contributed by atoms with van der Waals surface area (Å²) in [6.07, 6.45) is 8.76. The second-order valence-corrected chi connectivity index (χ2v) is 7.24. The maximum absolute atomic E-state index is 12.5. The molecule has 3 rings (SSSR count). The van der Waals surface area contributed by atoms with Crippen molar-refractivity contribution in [2.45, 2.75) is 64.0 Å². The van der Waals surface area contributed by atoms with Crippen molar-refractivity contribution < 1.29 is 4.79 Å². The minimum atomic E-state index is 0.368. The number of hydrogen-bond acceptors (Lipinski definition) is 3. The molecule has 0 aromatic carbocycles. The topological polar surface area (TPSA) is 35.6 Å². The van der Waals surface area contributed by atoms with Crippen molar-refractivity contribution in [3.8, 4) is 0 Å². The van der Waals surface area contributed by atoms with E-state index in [0.717, 1.165) is 38.8 Å². The lowest BCUT2D eigenvalue weighted by Gasteiger charge is -2.39. The van der Waals surface area contributed by atoms with Gasteiger partial charge in [-0.3, -0.25) is 9.69 Å². The number of rotatable bonds is 3. The van der Waals surface area contributed by atoms with E-state index in [2.05, 4.69) is 22.0 Å². The Morgan fingerprint density at radius 3 is 2.43 bits per heavy atom. The molecule has 0 aromatic heterocycles. The maximum atomic E-state index is 12.5. The molecule has 2 heterocycles. The van der Waals surface area contributed by atoms with Gasteiger partial charge in [-0.1, -0.05) is 19.8 Å². The highest BCUT2D eigenvalue weighted by molar-refractivity contribution is 5.77. The van der Waals surface area contributed by atoms with Gasteiger partial charge >= 0.3 is 0 Å². The van der Waals surface area contributed by atoms with Crippen molar-refractivity contribution in [3.05, 3.63) is 0 Å². The summed E-state index contributed by atoms with van der Waals surface area (Å²) in [5, 5.41) is 3.53. The zero-order valence-corrected chi connectivity index (χ0v) is 13.5. The van der Waals surface area contributed by atoms with Gasteiger partial charge in [0.25, 0.3) is 0 Å². The Bertz CT molecular complexity index is 346. The maximum Gasteiger partial charge on any atom is 0.224 e. The summed E-state index contributed by atoms with van der Waals surface area (Å²) < 4.78 is 0. The van der Waals surface area contributed by atoms with Crippen LogP contribution in [0, 0.1) is 5.92 Å². The summed E-state index contributed by atoms with van der Waals surface area (Å²) in [7, 11) is 0. The predicted molar refractivity (Wildman–Crippen MR) is 85.2 cm³/mol. The zero-order chi connectivity index (χ0) is 14.7. The van der Waals surface area contributed by atoms with Crippen molar-refractivity contribution in [2.24, 2.45) is 5.92 Å². The average Bonchev–Trinajstić information content (AvgIpc) is 3.04. The molecule has 0 radical (unpaired) electrons. The Morgan fingerprint density at radius 2 is 1.76 bits per heavy atom. The zero-order valence-electron chi connectivity index (χ0n) is 13.5. The van der Waals surface area contributed by atoms with Crippen LogP contribution in [0.1, 0.15) is 51.9 Å². The highest BCUT2D eigenvalue weighted by Crippen LogP contribution is 2.25. The number of carbonyl (C=O) groups is 1. The molecule has 3 aliphatic rings. The van der Waals surface area contributed by atoms with Gasteiger partial charge in [-0.05, 0) is 38.1 Å². The van der Waals surface area contributed by atoms with Crippen molar-refractivity contribution in [1.82, 2.24) is 15.1 Å². The SMILES string of the molecule is CC1CCCNC1CC(=O)N1CCN(C2CCCC2)CC1. The first-order chi connectivity index (χ1) is 10.2. The summed E-state index contributed by atoms with van der Waals surface area (Å²) in [5.74, 6) is 1.01. The molecule has 2 aliphatic heterocycles. The highest BCUT2D eigenvalue weighted by Gasteiger charge is 2.30. The second kappa shape index (κ2) is 7.10. The van der Waals surface area contributed by atoms with E-state index in [-0.39, 0.29) is 0 Å². The van der Waals surface area contributed by atoms with Crippen LogP contribution < -0.4 is 5.32 Å². The molecule has 1 N–H and O–H groups in total. The number of nitrogens with one attached hydrogen (secondary N) is 1. The van der Waals surface area contributed by atoms with Crippen molar-refractivity contribution >= 4 is 5.91 Å². The van der Waals surface area contributed by atoms with Crippen molar-refractivity contribution in [1.29, 1.82) is 0 Å². The Kier molecular flexibility index (Phi) is 5.17. The number of amides is 1. The molecule has 120 valence electrons. The fourth-order valence-electron chi connectivity index (χ4n) is 4.31. The molecule has 21 heavy (non-hydrogen) atoms. The standard InChI is InChI=1S/C17H31N3O/c1-14-5-4-8-18-16(14)13-17(21)20-11-9-19(10-12-20)15-6-2-3-7-15/h14-16,18H,2-13H2,1H3. The highest BCUT2D eigenvalue weighted by atomic mass is 16.2. The van der Waals surface area contributed by atoms with Crippen LogP contribution >= 0.6 is 0 Å². The number of piperidine rings is 1. The van der Waals surface area contributed by atoms with Crippen molar-refractivity contribution in [3.63, 3.8) is 0 Å². The Balaban J connectivity index is 1.44. The molecule has 2 atom stereocenters. The van der Waals surface area contributed by atoms with E-state index in [1.165, 1.54) is 38.5 Å². The fourth-order valence-corrected chi connectivity index (χ4v) is 4.31. The van der Waals surface area contributed by atoms with Crippen LogP contribution in [0.4, 0.5) is 0 Å². The lowest BCUT2D eigenvalue weighted by atomic mass is 9.90. The Hall–Kier alpha value is -0.610. The quantitative estimate of drug-likeness (QED) is 0.862. The van der Waals surface area contributed by atoms with E-state index < -0.39 is 0 Å². The van der Waals surface area contributed by atoms with Gasteiger partial charge in [-0.25, -0.2) is 0 Å². The molecule has 2 saturated heterocycles. The second-order valence-electron chi connectivity index (χ2n) is 7.24. The molecule has 0 bridgehead atoms. The molecule has 4 heteroatoms. The van der Waals surface area contributed by atoms with Gasteiger partial charge in [-0.15, -0.1) is 0 Å². The molecular formula is C17H31N3O. The van der Waals surface area contributed by atoms with Gasteiger partial charge in [0, 0.05) is 44.7 Å². The molecule has 2 unspecified atom stereocenters. The number of nitrogens with zero attached hydrogens (tertiary/aromatic N) is 2. The smallest absolute Gasteiger partial charge is 0.224 e. The van der Waals surface area contributed by atoms with Gasteiger partial charge in [-0.2, -0.15) is 0 Å². The first kappa shape index (κ1) is 15.3. The average molecular weight is 293 g/mol. The lowest BCUT2D eigenvalue weighted by Crippen LogP contribution is -2.53. The molecule has 1 amide bonds. The number of carbonyl (C=O) groups excluding carboxylic acids is 1. The van der Waals surface area contributed by atoms with Crippen molar-refractivity contribution in [2.75, 3.05) is 32.7 Å². The monoisotopic (exact) mass is 293 g/mol. The normalized spacial score (nSPS) is 32.5. The lowest BCUT2D eigenvalue weighted by molar-refractivity contribution is -0.134. The first-order valence-electron chi connectivity index (χ1n) is 8.99. The van der Waals surface area contributed by atoms with E-state index in [0.29, 0.717) is 24.3 Å². The molecule has 0 spiro atoms. The van der Waals surface area contributed by atoms with Crippen LogP contribution in [-0.4, -0.2) is 60.5 Å². The molecule has 0 aromatic rings. The molecule has 1 saturated carbocycles. The van der Waals surface area contributed by atoms with Crippen LogP contribution in [-0.2, 0) is 4.79 Å². The van der Waals surface area contributed by atoms with Crippen LogP contribution in [0.25, 0.3) is 0 Å². The minimum Gasteiger partial charge on any atom is -0.340 e.